The van der Waals surface area contributed by atoms with Crippen molar-refractivity contribution in [2.45, 2.75) is 65.2 Å². The first kappa shape index (κ1) is 14.5. The highest BCUT2D eigenvalue weighted by atomic mass is 16.2. The summed E-state index contributed by atoms with van der Waals surface area (Å²) in [5.74, 6) is 1.15. The van der Waals surface area contributed by atoms with Crippen LogP contribution in [0.25, 0.3) is 0 Å². The van der Waals surface area contributed by atoms with Crippen LogP contribution in [0.2, 0.25) is 0 Å². The van der Waals surface area contributed by atoms with Crippen molar-refractivity contribution in [3.8, 4) is 0 Å². The molecule has 1 aliphatic heterocycles. The molecule has 0 aromatic rings. The normalized spacial score (nSPS) is 24.5. The highest BCUT2D eigenvalue weighted by Crippen LogP contribution is 2.29. The Kier molecular flexibility index (Phi) is 4.64. The molecule has 0 aromatic carbocycles. The minimum absolute atomic E-state index is 0.189. The maximum absolute atomic E-state index is 12.2. The van der Waals surface area contributed by atoms with Crippen LogP contribution in [0, 0.1) is 11.3 Å². The van der Waals surface area contributed by atoms with Gasteiger partial charge in [0.2, 0.25) is 5.91 Å². The van der Waals surface area contributed by atoms with Gasteiger partial charge in [-0.2, -0.15) is 0 Å². The van der Waals surface area contributed by atoms with Gasteiger partial charge in [-0.05, 0) is 18.8 Å². The van der Waals surface area contributed by atoms with E-state index in [0.717, 1.165) is 25.3 Å². The number of hydrogen-bond donors (Lipinski definition) is 0. The largest absolute Gasteiger partial charge is 0.335 e. The molecule has 19 heavy (non-hydrogen) atoms. The monoisotopic (exact) mass is 265 g/mol. The van der Waals surface area contributed by atoms with E-state index in [0.29, 0.717) is 13.0 Å². The van der Waals surface area contributed by atoms with E-state index in [2.05, 4.69) is 0 Å². The Morgan fingerprint density at radius 1 is 1.26 bits per heavy atom. The molecule has 3 heteroatoms. The summed E-state index contributed by atoms with van der Waals surface area (Å²) in [4.78, 5) is 25.9. The molecule has 2 aliphatic rings. The van der Waals surface area contributed by atoms with E-state index in [1.807, 2.05) is 13.8 Å². The van der Waals surface area contributed by atoms with Gasteiger partial charge in [0.05, 0.1) is 6.54 Å². The number of piperidine rings is 1. The fourth-order valence-electron chi connectivity index (χ4n) is 3.19. The van der Waals surface area contributed by atoms with Crippen LogP contribution in [0.1, 0.15) is 65.2 Å². The Labute approximate surface area is 116 Å². The van der Waals surface area contributed by atoms with E-state index in [4.69, 9.17) is 0 Å². The molecule has 2 rings (SSSR count). The molecule has 0 radical (unpaired) electrons. The zero-order valence-electron chi connectivity index (χ0n) is 12.4. The zero-order valence-corrected chi connectivity index (χ0v) is 12.4. The van der Waals surface area contributed by atoms with Crippen molar-refractivity contribution in [3.63, 3.8) is 0 Å². The van der Waals surface area contributed by atoms with Gasteiger partial charge >= 0.3 is 0 Å². The highest BCUT2D eigenvalue weighted by Gasteiger charge is 2.35. The van der Waals surface area contributed by atoms with Crippen molar-refractivity contribution in [2.24, 2.45) is 11.3 Å². The number of Topliss-reactive ketones (excluding diaryl/α,β-unsaturated/α-hetero) is 1. The number of carbonyl (C=O) groups excluding carboxylic acids is 2. The number of carbonyl (C=O) groups is 2. The third-order valence-corrected chi connectivity index (χ3v) is 4.94. The summed E-state index contributed by atoms with van der Waals surface area (Å²) >= 11 is 0. The number of ketones is 1. The van der Waals surface area contributed by atoms with Gasteiger partial charge in [-0.15, -0.1) is 0 Å². The van der Waals surface area contributed by atoms with Crippen molar-refractivity contribution in [3.05, 3.63) is 0 Å². The summed E-state index contributed by atoms with van der Waals surface area (Å²) in [6.45, 7) is 5.05. The smallest absolute Gasteiger partial charge is 0.222 e. The van der Waals surface area contributed by atoms with Crippen molar-refractivity contribution in [2.75, 3.05) is 13.1 Å². The SMILES string of the molecule is CC1(C)CCN(C(=O)CCC2CCCCC2)CC1=O. The van der Waals surface area contributed by atoms with Gasteiger partial charge in [-0.25, -0.2) is 0 Å². The van der Waals surface area contributed by atoms with E-state index < -0.39 is 0 Å². The van der Waals surface area contributed by atoms with Gasteiger partial charge in [-0.1, -0.05) is 46.0 Å². The van der Waals surface area contributed by atoms with Crippen LogP contribution in [0.15, 0.2) is 0 Å². The second kappa shape index (κ2) is 6.06. The molecule has 1 heterocycles. The van der Waals surface area contributed by atoms with Gasteiger partial charge in [0.25, 0.3) is 0 Å². The molecule has 0 spiro atoms. The predicted molar refractivity (Wildman–Crippen MR) is 75.8 cm³/mol. The van der Waals surface area contributed by atoms with Crippen LogP contribution in [-0.2, 0) is 9.59 Å². The molecule has 2 fully saturated rings. The fraction of sp³-hybridized carbons (Fsp3) is 0.875. The lowest BCUT2D eigenvalue weighted by Gasteiger charge is -2.35. The Balaban J connectivity index is 1.76. The molecular formula is C16H27NO2. The van der Waals surface area contributed by atoms with E-state index in [9.17, 15) is 9.59 Å². The van der Waals surface area contributed by atoms with Crippen molar-refractivity contribution in [1.29, 1.82) is 0 Å². The number of rotatable bonds is 3. The van der Waals surface area contributed by atoms with Crippen LogP contribution in [0.4, 0.5) is 0 Å². The number of nitrogens with zero attached hydrogens (tertiary/aromatic N) is 1. The maximum Gasteiger partial charge on any atom is 0.222 e. The number of amides is 1. The van der Waals surface area contributed by atoms with Crippen LogP contribution >= 0.6 is 0 Å². The third-order valence-electron chi connectivity index (χ3n) is 4.94. The standard InChI is InChI=1S/C16H27NO2/c1-16(2)10-11-17(12-14(16)18)15(19)9-8-13-6-4-3-5-7-13/h13H,3-12H2,1-2H3. The van der Waals surface area contributed by atoms with Crippen LogP contribution < -0.4 is 0 Å². The molecule has 0 aromatic heterocycles. The van der Waals surface area contributed by atoms with Gasteiger partial charge in [-0.3, -0.25) is 9.59 Å². The summed E-state index contributed by atoms with van der Waals surface area (Å²) in [5, 5.41) is 0. The van der Waals surface area contributed by atoms with Crippen LogP contribution in [-0.4, -0.2) is 29.7 Å². The molecule has 1 aliphatic carbocycles. The molecule has 1 saturated carbocycles. The second-order valence-corrected chi connectivity index (χ2v) is 6.92. The Morgan fingerprint density at radius 2 is 1.95 bits per heavy atom. The van der Waals surface area contributed by atoms with Crippen molar-refractivity contribution >= 4 is 11.7 Å². The highest BCUT2D eigenvalue weighted by molar-refractivity contribution is 5.90. The Bertz CT molecular complexity index is 343. The van der Waals surface area contributed by atoms with E-state index in [1.54, 1.807) is 4.90 Å². The minimum atomic E-state index is -0.236. The average molecular weight is 265 g/mol. The number of hydrogen-bond acceptors (Lipinski definition) is 2. The Morgan fingerprint density at radius 3 is 2.58 bits per heavy atom. The van der Waals surface area contributed by atoms with Gasteiger partial charge < -0.3 is 4.90 Å². The first-order valence-corrected chi connectivity index (χ1v) is 7.80. The van der Waals surface area contributed by atoms with Crippen LogP contribution in [0.3, 0.4) is 0 Å². The molecule has 0 atom stereocenters. The van der Waals surface area contributed by atoms with Gasteiger partial charge in [0, 0.05) is 18.4 Å². The van der Waals surface area contributed by atoms with E-state index in [-0.39, 0.29) is 17.1 Å². The van der Waals surface area contributed by atoms with Crippen molar-refractivity contribution in [1.82, 2.24) is 4.90 Å². The summed E-state index contributed by atoms with van der Waals surface area (Å²) in [6.07, 6.45) is 9.06. The molecule has 1 saturated heterocycles. The molecule has 108 valence electrons. The summed E-state index contributed by atoms with van der Waals surface area (Å²) in [7, 11) is 0. The zero-order chi connectivity index (χ0) is 13.9. The fourth-order valence-corrected chi connectivity index (χ4v) is 3.19. The third kappa shape index (κ3) is 3.80. The molecule has 1 amide bonds. The quantitative estimate of drug-likeness (QED) is 0.786. The summed E-state index contributed by atoms with van der Waals surface area (Å²) in [5.41, 5.74) is -0.236. The second-order valence-electron chi connectivity index (χ2n) is 6.92. The number of likely N-dealkylation sites (tertiary alicyclic amines) is 1. The molecule has 0 N–H and O–H groups in total. The summed E-state index contributed by atoms with van der Waals surface area (Å²) in [6, 6.07) is 0. The van der Waals surface area contributed by atoms with Gasteiger partial charge in [0.15, 0.2) is 5.78 Å². The lowest BCUT2D eigenvalue weighted by atomic mass is 9.81. The predicted octanol–water partition coefficient (Wildman–Crippen LogP) is 3.17. The summed E-state index contributed by atoms with van der Waals surface area (Å²) < 4.78 is 0. The van der Waals surface area contributed by atoms with E-state index >= 15 is 0 Å². The topological polar surface area (TPSA) is 37.4 Å². The van der Waals surface area contributed by atoms with Gasteiger partial charge in [0.1, 0.15) is 0 Å². The molecular weight excluding hydrogens is 238 g/mol. The maximum atomic E-state index is 12.2. The molecule has 0 bridgehead atoms. The lowest BCUT2D eigenvalue weighted by molar-refractivity contribution is -0.143. The van der Waals surface area contributed by atoms with Crippen LogP contribution in [0.5, 0.6) is 0 Å². The minimum Gasteiger partial charge on any atom is -0.335 e. The Hall–Kier alpha value is -0.860. The molecule has 3 nitrogen and oxygen atoms in total. The lowest BCUT2D eigenvalue weighted by Crippen LogP contribution is -2.47. The van der Waals surface area contributed by atoms with E-state index in [1.165, 1.54) is 32.1 Å². The average Bonchev–Trinajstić information content (AvgIpc) is 2.40. The first-order valence-electron chi connectivity index (χ1n) is 7.80. The molecule has 0 unspecified atom stereocenters. The first-order chi connectivity index (χ1) is 8.99. The van der Waals surface area contributed by atoms with Crippen molar-refractivity contribution < 1.29 is 9.59 Å².